The van der Waals surface area contributed by atoms with E-state index >= 15 is 0 Å². The first kappa shape index (κ1) is 18.7. The minimum atomic E-state index is -0.630. The van der Waals surface area contributed by atoms with Crippen molar-refractivity contribution in [1.29, 1.82) is 5.26 Å². The van der Waals surface area contributed by atoms with E-state index in [0.29, 0.717) is 17.9 Å². The van der Waals surface area contributed by atoms with E-state index in [9.17, 15) is 9.59 Å². The van der Waals surface area contributed by atoms with Crippen molar-refractivity contribution in [3.8, 4) is 11.8 Å². The zero-order chi connectivity index (χ0) is 17.2. The molecule has 0 aliphatic heterocycles. The third-order valence-corrected chi connectivity index (χ3v) is 3.41. The number of nitrogens with zero attached hydrogens (tertiary/aromatic N) is 2. The van der Waals surface area contributed by atoms with Crippen LogP contribution in [0, 0.1) is 11.3 Å². The third-order valence-electron chi connectivity index (χ3n) is 2.91. The van der Waals surface area contributed by atoms with Crippen LogP contribution in [0.1, 0.15) is 12.0 Å². The molecule has 0 aromatic heterocycles. The number of ether oxygens (including phenoxy) is 2. The summed E-state index contributed by atoms with van der Waals surface area (Å²) in [4.78, 5) is 24.7. The number of carbonyl (C=O) groups excluding carboxylic acids is 2. The highest BCUT2D eigenvalue weighted by molar-refractivity contribution is 9.10. The number of methoxy groups -OCH3 is 1. The highest BCUT2D eigenvalue weighted by atomic mass is 79.9. The number of esters is 1. The van der Waals surface area contributed by atoms with Gasteiger partial charge < -0.3 is 14.4 Å². The predicted molar refractivity (Wildman–Crippen MR) is 88.6 cm³/mol. The van der Waals surface area contributed by atoms with E-state index in [1.165, 1.54) is 18.1 Å². The number of halogens is 1. The Kier molecular flexibility index (Phi) is 7.84. The van der Waals surface area contributed by atoms with Gasteiger partial charge in [0, 0.05) is 29.7 Å². The van der Waals surface area contributed by atoms with Crippen LogP contribution in [0.25, 0.3) is 6.08 Å². The van der Waals surface area contributed by atoms with Crippen molar-refractivity contribution in [1.82, 2.24) is 4.90 Å². The fraction of sp³-hybridized carbons (Fsp3) is 0.312. The van der Waals surface area contributed by atoms with Crippen LogP contribution in [0.4, 0.5) is 0 Å². The Hall–Kier alpha value is -2.33. The van der Waals surface area contributed by atoms with Crippen LogP contribution >= 0.6 is 15.9 Å². The molecule has 0 fully saturated rings. The summed E-state index contributed by atoms with van der Waals surface area (Å²) in [5.41, 5.74) is 0.705. The molecule has 1 aromatic rings. The van der Waals surface area contributed by atoms with Crippen LogP contribution in [-0.4, -0.2) is 44.1 Å². The summed E-state index contributed by atoms with van der Waals surface area (Å²) in [6, 6.07) is 7.33. The monoisotopic (exact) mass is 380 g/mol. The number of rotatable bonds is 7. The van der Waals surface area contributed by atoms with Crippen LogP contribution in [0.3, 0.4) is 0 Å². The fourth-order valence-corrected chi connectivity index (χ4v) is 2.01. The second kappa shape index (κ2) is 9.64. The van der Waals surface area contributed by atoms with E-state index in [4.69, 9.17) is 14.7 Å². The molecule has 0 N–H and O–H groups in total. The Morgan fingerprint density at radius 2 is 2.17 bits per heavy atom. The number of likely N-dealkylation sites (N-methyl/N-ethyl adjacent to an activating group) is 1. The predicted octanol–water partition coefficient (Wildman–Crippen LogP) is 2.39. The number of benzene rings is 1. The Labute approximate surface area is 143 Å². The normalized spacial score (nSPS) is 10.2. The van der Waals surface area contributed by atoms with Crippen molar-refractivity contribution < 1.29 is 19.1 Å². The lowest BCUT2D eigenvalue weighted by Gasteiger charge is -2.14. The Morgan fingerprint density at radius 1 is 1.43 bits per heavy atom. The molecule has 0 saturated carbocycles. The fourth-order valence-electron chi connectivity index (χ4n) is 1.63. The lowest BCUT2D eigenvalue weighted by atomic mass is 10.2. The molecular weight excluding hydrogens is 364 g/mol. The number of hydrogen-bond donors (Lipinski definition) is 0. The van der Waals surface area contributed by atoms with Crippen molar-refractivity contribution in [2.24, 2.45) is 0 Å². The molecule has 7 heteroatoms. The lowest BCUT2D eigenvalue weighted by Crippen LogP contribution is -2.31. The topological polar surface area (TPSA) is 79.6 Å². The maximum absolute atomic E-state index is 11.7. The van der Waals surface area contributed by atoms with Gasteiger partial charge in [-0.05, 0) is 24.3 Å². The summed E-state index contributed by atoms with van der Waals surface area (Å²) >= 11 is 3.34. The molecule has 0 aliphatic carbocycles. The molecular formula is C16H17BrN2O4. The zero-order valence-corrected chi connectivity index (χ0v) is 14.5. The van der Waals surface area contributed by atoms with E-state index in [1.54, 1.807) is 25.3 Å². The minimum Gasteiger partial charge on any atom is -0.496 e. The van der Waals surface area contributed by atoms with Crippen LogP contribution < -0.4 is 4.74 Å². The van der Waals surface area contributed by atoms with Gasteiger partial charge in [0.2, 0.25) is 0 Å². The molecule has 0 saturated heterocycles. The summed E-state index contributed by atoms with van der Waals surface area (Å²) in [5, 5.41) is 8.46. The van der Waals surface area contributed by atoms with E-state index < -0.39 is 5.97 Å². The quantitative estimate of drug-likeness (QED) is 0.535. The first-order valence-electron chi connectivity index (χ1n) is 6.77. The van der Waals surface area contributed by atoms with E-state index in [2.05, 4.69) is 15.9 Å². The molecule has 0 heterocycles. The molecule has 0 spiro atoms. The van der Waals surface area contributed by atoms with E-state index in [-0.39, 0.29) is 18.9 Å². The van der Waals surface area contributed by atoms with Gasteiger partial charge in [-0.2, -0.15) is 5.26 Å². The van der Waals surface area contributed by atoms with Gasteiger partial charge in [-0.15, -0.1) is 0 Å². The van der Waals surface area contributed by atoms with Crippen molar-refractivity contribution in [2.75, 3.05) is 27.3 Å². The number of hydrogen-bond acceptors (Lipinski definition) is 5. The van der Waals surface area contributed by atoms with Crippen LogP contribution in [0.15, 0.2) is 28.7 Å². The molecule has 0 radical (unpaired) electrons. The number of amides is 1. The van der Waals surface area contributed by atoms with Gasteiger partial charge in [0.15, 0.2) is 6.61 Å². The second-order valence-electron chi connectivity index (χ2n) is 4.55. The van der Waals surface area contributed by atoms with Gasteiger partial charge in [-0.3, -0.25) is 4.79 Å². The molecule has 0 atom stereocenters. The standard InChI is InChI=1S/C16H17BrN2O4/c1-19(9-3-8-18)15(20)11-23-16(21)7-4-12-10-13(17)5-6-14(12)22-2/h4-7,10H,3,9,11H2,1-2H3/b7-4+. The largest absolute Gasteiger partial charge is 0.496 e. The Balaban J connectivity index is 2.55. The Morgan fingerprint density at radius 3 is 2.83 bits per heavy atom. The van der Waals surface area contributed by atoms with Gasteiger partial charge in [0.05, 0.1) is 19.6 Å². The third kappa shape index (κ3) is 6.53. The van der Waals surface area contributed by atoms with E-state index in [1.807, 2.05) is 12.1 Å². The summed E-state index contributed by atoms with van der Waals surface area (Å²) in [6.07, 6.45) is 3.02. The van der Waals surface area contributed by atoms with Crippen LogP contribution in [0.5, 0.6) is 5.75 Å². The van der Waals surface area contributed by atoms with Gasteiger partial charge in [-0.25, -0.2) is 4.79 Å². The molecule has 1 aromatic carbocycles. The van der Waals surface area contributed by atoms with Crippen molar-refractivity contribution in [3.05, 3.63) is 34.3 Å². The van der Waals surface area contributed by atoms with Crippen molar-refractivity contribution in [3.63, 3.8) is 0 Å². The summed E-state index contributed by atoms with van der Waals surface area (Å²) in [6.45, 7) is -0.0569. The molecule has 122 valence electrons. The van der Waals surface area contributed by atoms with Gasteiger partial charge in [0.1, 0.15) is 5.75 Å². The number of nitriles is 1. The van der Waals surface area contributed by atoms with Gasteiger partial charge >= 0.3 is 5.97 Å². The molecule has 1 rings (SSSR count). The SMILES string of the molecule is COc1ccc(Br)cc1/C=C/C(=O)OCC(=O)N(C)CCC#N. The Bertz CT molecular complexity index is 637. The average molecular weight is 381 g/mol. The van der Waals surface area contributed by atoms with Crippen molar-refractivity contribution in [2.45, 2.75) is 6.42 Å². The second-order valence-corrected chi connectivity index (χ2v) is 5.47. The first-order valence-corrected chi connectivity index (χ1v) is 7.56. The molecule has 0 unspecified atom stereocenters. The maximum atomic E-state index is 11.7. The highest BCUT2D eigenvalue weighted by Crippen LogP contribution is 2.24. The molecule has 6 nitrogen and oxygen atoms in total. The maximum Gasteiger partial charge on any atom is 0.331 e. The summed E-state index contributed by atoms with van der Waals surface area (Å²) < 4.78 is 10.9. The van der Waals surface area contributed by atoms with Crippen LogP contribution in [0.2, 0.25) is 0 Å². The smallest absolute Gasteiger partial charge is 0.331 e. The first-order chi connectivity index (χ1) is 11.0. The highest BCUT2D eigenvalue weighted by Gasteiger charge is 2.10. The van der Waals surface area contributed by atoms with Gasteiger partial charge in [-0.1, -0.05) is 15.9 Å². The van der Waals surface area contributed by atoms with Gasteiger partial charge in [0.25, 0.3) is 5.91 Å². The molecule has 0 bridgehead atoms. The molecule has 23 heavy (non-hydrogen) atoms. The summed E-state index contributed by atoms with van der Waals surface area (Å²) in [7, 11) is 3.09. The van der Waals surface area contributed by atoms with Crippen LogP contribution in [-0.2, 0) is 14.3 Å². The molecule has 1 amide bonds. The minimum absolute atomic E-state index is 0.235. The van der Waals surface area contributed by atoms with E-state index in [0.717, 1.165) is 4.47 Å². The summed E-state index contributed by atoms with van der Waals surface area (Å²) in [5.74, 6) is -0.374. The lowest BCUT2D eigenvalue weighted by molar-refractivity contribution is -0.147. The van der Waals surface area contributed by atoms with Crippen molar-refractivity contribution >= 4 is 33.9 Å². The number of carbonyl (C=O) groups is 2. The molecule has 0 aliphatic rings. The average Bonchev–Trinajstić information content (AvgIpc) is 2.55. The zero-order valence-electron chi connectivity index (χ0n) is 12.9.